The van der Waals surface area contributed by atoms with E-state index in [4.69, 9.17) is 4.74 Å². The van der Waals surface area contributed by atoms with Gasteiger partial charge in [-0.2, -0.15) is 0 Å². The molecular formula is C19H24N6OS. The molecule has 0 aliphatic carbocycles. The predicted molar refractivity (Wildman–Crippen MR) is 109 cm³/mol. The van der Waals surface area contributed by atoms with E-state index < -0.39 is 0 Å². The van der Waals surface area contributed by atoms with Gasteiger partial charge in [0, 0.05) is 38.1 Å². The third-order valence-corrected chi connectivity index (χ3v) is 5.77. The summed E-state index contributed by atoms with van der Waals surface area (Å²) in [6, 6.07) is 12.1. The first-order chi connectivity index (χ1) is 13.2. The Morgan fingerprint density at radius 3 is 2.63 bits per heavy atom. The summed E-state index contributed by atoms with van der Waals surface area (Å²) in [4.78, 5) is 4.66. The van der Waals surface area contributed by atoms with Crippen molar-refractivity contribution >= 4 is 22.2 Å². The zero-order valence-corrected chi connectivity index (χ0v) is 16.4. The number of benzene rings is 1. The summed E-state index contributed by atoms with van der Waals surface area (Å²) >= 11 is 1.64. The number of nitrogens with one attached hydrogen (secondary N) is 1. The Kier molecular flexibility index (Phi) is 5.26. The molecule has 1 aliphatic heterocycles. The van der Waals surface area contributed by atoms with Crippen molar-refractivity contribution in [1.29, 1.82) is 0 Å². The molecule has 0 amide bonds. The van der Waals surface area contributed by atoms with E-state index in [-0.39, 0.29) is 0 Å². The monoisotopic (exact) mass is 384 g/mol. The fraction of sp³-hybridized carbons (Fsp3) is 0.368. The maximum Gasteiger partial charge on any atom is 0.218 e. The van der Waals surface area contributed by atoms with Gasteiger partial charge in [-0.3, -0.25) is 4.57 Å². The van der Waals surface area contributed by atoms with Gasteiger partial charge in [-0.1, -0.05) is 23.5 Å². The number of rotatable bonds is 6. The zero-order chi connectivity index (χ0) is 18.6. The normalized spacial score (nSPS) is 15.1. The third-order valence-electron chi connectivity index (χ3n) is 4.78. The summed E-state index contributed by atoms with van der Waals surface area (Å²) in [6.45, 7) is 4.80. The lowest BCUT2D eigenvalue weighted by molar-refractivity contribution is 0.312. The van der Waals surface area contributed by atoms with Gasteiger partial charge in [0.1, 0.15) is 5.75 Å². The number of anilines is 2. The molecule has 1 aromatic carbocycles. The lowest BCUT2D eigenvalue weighted by Gasteiger charge is -2.31. The highest BCUT2D eigenvalue weighted by molar-refractivity contribution is 7.17. The summed E-state index contributed by atoms with van der Waals surface area (Å²) in [6.07, 6.45) is 2.04. The van der Waals surface area contributed by atoms with Gasteiger partial charge in [-0.25, -0.2) is 0 Å². The fourth-order valence-corrected chi connectivity index (χ4v) is 4.07. The SMILES string of the molecule is COc1ccccc1NCc1cccn1-c1nnc(N2CCN(C)CC2)s1. The van der Waals surface area contributed by atoms with Crippen LogP contribution in [0.4, 0.5) is 10.8 Å². The Morgan fingerprint density at radius 2 is 1.81 bits per heavy atom. The van der Waals surface area contributed by atoms with Gasteiger partial charge in [-0.05, 0) is 31.3 Å². The predicted octanol–water partition coefficient (Wildman–Crippen LogP) is 2.70. The van der Waals surface area contributed by atoms with Gasteiger partial charge < -0.3 is 19.9 Å². The maximum absolute atomic E-state index is 5.41. The van der Waals surface area contributed by atoms with Crippen molar-refractivity contribution in [3.8, 4) is 10.9 Å². The van der Waals surface area contributed by atoms with Gasteiger partial charge in [0.2, 0.25) is 10.3 Å². The Morgan fingerprint density at radius 1 is 1.04 bits per heavy atom. The topological polar surface area (TPSA) is 58.5 Å². The van der Waals surface area contributed by atoms with Crippen LogP contribution in [0.5, 0.6) is 5.75 Å². The molecule has 7 nitrogen and oxygen atoms in total. The van der Waals surface area contributed by atoms with Crippen LogP contribution in [0, 0.1) is 0 Å². The molecule has 1 aliphatic rings. The Hall–Kier alpha value is -2.58. The second kappa shape index (κ2) is 7.98. The van der Waals surface area contributed by atoms with E-state index in [2.05, 4.69) is 43.0 Å². The molecule has 3 aromatic rings. The zero-order valence-electron chi connectivity index (χ0n) is 15.6. The molecule has 1 N–H and O–H groups in total. The molecule has 0 atom stereocenters. The molecule has 0 unspecified atom stereocenters. The minimum absolute atomic E-state index is 0.677. The lowest BCUT2D eigenvalue weighted by atomic mass is 10.3. The number of aromatic nitrogens is 3. The van der Waals surface area contributed by atoms with Gasteiger partial charge in [0.25, 0.3) is 0 Å². The number of hydrogen-bond donors (Lipinski definition) is 1. The highest BCUT2D eigenvalue weighted by Gasteiger charge is 2.19. The molecule has 0 radical (unpaired) electrons. The smallest absolute Gasteiger partial charge is 0.218 e. The minimum atomic E-state index is 0.677. The van der Waals surface area contributed by atoms with Crippen LogP contribution < -0.4 is 15.0 Å². The Balaban J connectivity index is 1.47. The molecule has 27 heavy (non-hydrogen) atoms. The standard InChI is InChI=1S/C19H24N6OS/c1-23-10-12-24(13-11-23)18-21-22-19(27-18)25-9-5-6-15(25)14-20-16-7-3-4-8-17(16)26-2/h3-9,20H,10-14H2,1-2H3. The van der Waals surface area contributed by atoms with Crippen molar-refractivity contribution in [3.05, 3.63) is 48.3 Å². The number of piperazine rings is 1. The van der Waals surface area contributed by atoms with E-state index in [0.29, 0.717) is 6.54 Å². The maximum atomic E-state index is 5.41. The van der Waals surface area contributed by atoms with E-state index in [1.165, 1.54) is 0 Å². The first-order valence-electron chi connectivity index (χ1n) is 9.05. The van der Waals surface area contributed by atoms with Crippen molar-refractivity contribution < 1.29 is 4.74 Å². The molecule has 3 heterocycles. The molecule has 8 heteroatoms. The van der Waals surface area contributed by atoms with Crippen LogP contribution in [0.1, 0.15) is 5.69 Å². The van der Waals surface area contributed by atoms with Crippen LogP contribution in [0.25, 0.3) is 5.13 Å². The number of nitrogens with zero attached hydrogens (tertiary/aromatic N) is 5. The third kappa shape index (κ3) is 3.91. The molecule has 1 saturated heterocycles. The molecule has 0 spiro atoms. The van der Waals surface area contributed by atoms with Gasteiger partial charge in [0.15, 0.2) is 0 Å². The summed E-state index contributed by atoms with van der Waals surface area (Å²) < 4.78 is 7.51. The second-order valence-corrected chi connectivity index (χ2v) is 7.52. The number of para-hydroxylation sites is 2. The van der Waals surface area contributed by atoms with Crippen LogP contribution in [0.2, 0.25) is 0 Å². The van der Waals surface area contributed by atoms with Crippen LogP contribution in [-0.4, -0.2) is 60.0 Å². The molecule has 1 fully saturated rings. The van der Waals surface area contributed by atoms with Crippen molar-refractivity contribution in [2.24, 2.45) is 0 Å². The summed E-state index contributed by atoms with van der Waals surface area (Å²) in [7, 11) is 3.84. The quantitative estimate of drug-likeness (QED) is 0.705. The van der Waals surface area contributed by atoms with Crippen LogP contribution in [-0.2, 0) is 6.54 Å². The average molecular weight is 385 g/mol. The van der Waals surface area contributed by atoms with E-state index in [0.717, 1.165) is 53.6 Å². The molecule has 4 rings (SSSR count). The van der Waals surface area contributed by atoms with E-state index in [9.17, 15) is 0 Å². The Bertz CT molecular complexity index is 884. The highest BCUT2D eigenvalue weighted by Crippen LogP contribution is 2.27. The van der Waals surface area contributed by atoms with Crippen molar-refractivity contribution in [2.45, 2.75) is 6.54 Å². The number of hydrogen-bond acceptors (Lipinski definition) is 7. The highest BCUT2D eigenvalue weighted by atomic mass is 32.1. The second-order valence-electron chi connectivity index (χ2n) is 6.58. The van der Waals surface area contributed by atoms with Crippen LogP contribution in [0.15, 0.2) is 42.6 Å². The minimum Gasteiger partial charge on any atom is -0.495 e. The van der Waals surface area contributed by atoms with E-state index in [1.807, 2.05) is 36.5 Å². The summed E-state index contributed by atoms with van der Waals surface area (Å²) in [5, 5.41) is 14.2. The molecule has 0 saturated carbocycles. The van der Waals surface area contributed by atoms with Crippen molar-refractivity contribution in [3.63, 3.8) is 0 Å². The molecule has 142 valence electrons. The Labute approximate surface area is 163 Å². The van der Waals surface area contributed by atoms with Gasteiger partial charge in [-0.15, -0.1) is 10.2 Å². The number of likely N-dealkylation sites (N-methyl/N-ethyl adjacent to an activating group) is 1. The van der Waals surface area contributed by atoms with Crippen molar-refractivity contribution in [1.82, 2.24) is 19.7 Å². The largest absolute Gasteiger partial charge is 0.495 e. The number of methoxy groups -OCH3 is 1. The average Bonchev–Trinajstić information content (AvgIpc) is 3.36. The molecular weight excluding hydrogens is 360 g/mol. The van der Waals surface area contributed by atoms with Crippen molar-refractivity contribution in [2.75, 3.05) is 50.6 Å². The van der Waals surface area contributed by atoms with Crippen LogP contribution in [0.3, 0.4) is 0 Å². The van der Waals surface area contributed by atoms with E-state index >= 15 is 0 Å². The summed E-state index contributed by atoms with van der Waals surface area (Å²) in [5.41, 5.74) is 2.10. The lowest BCUT2D eigenvalue weighted by Crippen LogP contribution is -2.44. The molecule has 2 aromatic heterocycles. The van der Waals surface area contributed by atoms with Crippen LogP contribution >= 0.6 is 11.3 Å². The van der Waals surface area contributed by atoms with Gasteiger partial charge >= 0.3 is 0 Å². The van der Waals surface area contributed by atoms with Gasteiger partial charge in [0.05, 0.1) is 19.3 Å². The first-order valence-corrected chi connectivity index (χ1v) is 9.87. The fourth-order valence-electron chi connectivity index (χ4n) is 3.15. The summed E-state index contributed by atoms with van der Waals surface area (Å²) in [5.74, 6) is 0.837. The number of ether oxygens (including phenoxy) is 1. The molecule has 0 bridgehead atoms. The van der Waals surface area contributed by atoms with E-state index in [1.54, 1.807) is 18.4 Å². The first kappa shape index (κ1) is 17.8.